The van der Waals surface area contributed by atoms with E-state index in [1.807, 2.05) is 45.0 Å². The van der Waals surface area contributed by atoms with Gasteiger partial charge in [0.1, 0.15) is 5.60 Å². The highest BCUT2D eigenvalue weighted by molar-refractivity contribution is 9.10. The van der Waals surface area contributed by atoms with Gasteiger partial charge in [-0.05, 0) is 51.1 Å². The minimum atomic E-state index is -0.505. The van der Waals surface area contributed by atoms with Crippen molar-refractivity contribution in [2.24, 2.45) is 0 Å². The average Bonchev–Trinajstić information content (AvgIpc) is 2.88. The van der Waals surface area contributed by atoms with E-state index < -0.39 is 11.7 Å². The molecule has 0 atom stereocenters. The van der Waals surface area contributed by atoms with Crippen LogP contribution in [0.15, 0.2) is 34.8 Å². The summed E-state index contributed by atoms with van der Waals surface area (Å²) in [5.74, 6) is 0. The molecule has 3 aromatic rings. The number of nitrogens with one attached hydrogen (secondary N) is 3. The zero-order valence-electron chi connectivity index (χ0n) is 14.9. The van der Waals surface area contributed by atoms with Gasteiger partial charge in [0.2, 0.25) is 0 Å². The van der Waals surface area contributed by atoms with Crippen molar-refractivity contribution in [3.63, 3.8) is 0 Å². The molecule has 26 heavy (non-hydrogen) atoms. The number of carbonyl (C=O) groups excluding carboxylic acids is 1. The number of fused-ring (bicyclic) bond motifs is 3. The maximum Gasteiger partial charge on any atom is 0.407 e. The topological polar surface area (TPSA) is 66.2 Å². The van der Waals surface area contributed by atoms with Gasteiger partial charge in [-0.1, -0.05) is 27.5 Å². The molecule has 0 aliphatic carbocycles. The van der Waals surface area contributed by atoms with Crippen LogP contribution in [-0.4, -0.2) is 29.8 Å². The number of carbonyl (C=O) groups is 1. The van der Waals surface area contributed by atoms with Gasteiger partial charge in [-0.2, -0.15) is 0 Å². The van der Waals surface area contributed by atoms with Crippen molar-refractivity contribution >= 4 is 61.1 Å². The number of benzene rings is 2. The maximum atomic E-state index is 11.7. The molecule has 138 valence electrons. The Balaban J connectivity index is 1.74. The summed E-state index contributed by atoms with van der Waals surface area (Å²) in [6.45, 7) is 6.49. The first-order valence-corrected chi connectivity index (χ1v) is 9.51. The third-order valence-corrected chi connectivity index (χ3v) is 4.45. The number of halogens is 2. The Morgan fingerprint density at radius 3 is 2.69 bits per heavy atom. The third kappa shape index (κ3) is 4.43. The van der Waals surface area contributed by atoms with Crippen molar-refractivity contribution < 1.29 is 9.53 Å². The molecule has 0 aliphatic rings. The first-order chi connectivity index (χ1) is 12.2. The van der Waals surface area contributed by atoms with Gasteiger partial charge in [-0.15, -0.1) is 0 Å². The number of amides is 1. The van der Waals surface area contributed by atoms with Crippen LogP contribution in [0, 0.1) is 0 Å². The van der Waals surface area contributed by atoms with Crippen LogP contribution in [0.3, 0.4) is 0 Å². The van der Waals surface area contributed by atoms with Crippen molar-refractivity contribution in [2.45, 2.75) is 26.4 Å². The van der Waals surface area contributed by atoms with Crippen molar-refractivity contribution in [2.75, 3.05) is 18.4 Å². The number of ether oxygens (including phenoxy) is 1. The summed E-state index contributed by atoms with van der Waals surface area (Å²) in [7, 11) is 0. The maximum absolute atomic E-state index is 11.7. The quantitative estimate of drug-likeness (QED) is 0.460. The Kier molecular flexibility index (Phi) is 5.34. The highest BCUT2D eigenvalue weighted by atomic mass is 79.9. The first kappa shape index (κ1) is 18.9. The second-order valence-electron chi connectivity index (χ2n) is 7.05. The molecule has 0 aliphatic heterocycles. The standard InChI is InChI=1S/C19H21BrClN3O2/c1-19(2,3)26-18(25)23-7-6-22-16-10-12(21)9-14-13-8-11(20)4-5-15(13)24-17(14)16/h4-5,8-10,22,24H,6-7H2,1-3H3,(H,23,25). The molecule has 3 N–H and O–H groups in total. The Bertz CT molecular complexity index is 963. The first-order valence-electron chi connectivity index (χ1n) is 8.34. The molecule has 0 spiro atoms. The van der Waals surface area contributed by atoms with E-state index in [-0.39, 0.29) is 0 Å². The Morgan fingerprint density at radius 1 is 1.19 bits per heavy atom. The Labute approximate surface area is 165 Å². The van der Waals surface area contributed by atoms with E-state index in [9.17, 15) is 4.79 Å². The van der Waals surface area contributed by atoms with Crippen LogP contribution >= 0.6 is 27.5 Å². The summed E-state index contributed by atoms with van der Waals surface area (Å²) in [4.78, 5) is 15.1. The summed E-state index contributed by atoms with van der Waals surface area (Å²) in [6, 6.07) is 9.92. The molecule has 2 aromatic carbocycles. The van der Waals surface area contributed by atoms with Gasteiger partial charge in [0.25, 0.3) is 0 Å². The number of anilines is 1. The highest BCUT2D eigenvalue weighted by Crippen LogP contribution is 2.34. The number of hydrogen-bond donors (Lipinski definition) is 3. The fourth-order valence-electron chi connectivity index (χ4n) is 2.75. The average molecular weight is 439 g/mol. The van der Waals surface area contributed by atoms with Gasteiger partial charge < -0.3 is 20.4 Å². The number of alkyl carbamates (subject to hydrolysis) is 1. The van der Waals surface area contributed by atoms with Crippen LogP contribution in [0.2, 0.25) is 5.02 Å². The molecule has 1 heterocycles. The van der Waals surface area contributed by atoms with Gasteiger partial charge in [0, 0.05) is 38.9 Å². The summed E-state index contributed by atoms with van der Waals surface area (Å²) < 4.78 is 6.24. The monoisotopic (exact) mass is 437 g/mol. The van der Waals surface area contributed by atoms with Crippen molar-refractivity contribution in [1.29, 1.82) is 0 Å². The molecule has 0 fully saturated rings. The SMILES string of the molecule is CC(C)(C)OC(=O)NCCNc1cc(Cl)cc2c1[nH]c1ccc(Br)cc12. The number of hydrogen-bond acceptors (Lipinski definition) is 3. The molecular weight excluding hydrogens is 418 g/mol. The van der Waals surface area contributed by atoms with Gasteiger partial charge in [0.05, 0.1) is 11.2 Å². The lowest BCUT2D eigenvalue weighted by atomic mass is 10.1. The molecule has 5 nitrogen and oxygen atoms in total. The smallest absolute Gasteiger partial charge is 0.407 e. The van der Waals surface area contributed by atoms with Gasteiger partial charge >= 0.3 is 6.09 Å². The number of aromatic nitrogens is 1. The minimum Gasteiger partial charge on any atom is -0.444 e. The lowest BCUT2D eigenvalue weighted by Crippen LogP contribution is -2.35. The molecular formula is C19H21BrClN3O2. The van der Waals surface area contributed by atoms with Crippen molar-refractivity contribution in [3.05, 3.63) is 39.8 Å². The van der Waals surface area contributed by atoms with E-state index in [0.29, 0.717) is 18.1 Å². The van der Waals surface area contributed by atoms with Crippen LogP contribution in [-0.2, 0) is 4.74 Å². The molecule has 3 rings (SSSR count). The largest absolute Gasteiger partial charge is 0.444 e. The predicted octanol–water partition coefficient (Wildman–Crippen LogP) is 5.67. The van der Waals surface area contributed by atoms with E-state index in [2.05, 4.69) is 37.6 Å². The predicted molar refractivity (Wildman–Crippen MR) is 111 cm³/mol. The molecule has 0 saturated heterocycles. The van der Waals surface area contributed by atoms with Crippen LogP contribution < -0.4 is 10.6 Å². The molecule has 0 saturated carbocycles. The number of aromatic amines is 1. The fourth-order valence-corrected chi connectivity index (χ4v) is 3.33. The Morgan fingerprint density at radius 2 is 1.96 bits per heavy atom. The second-order valence-corrected chi connectivity index (χ2v) is 8.40. The molecule has 0 unspecified atom stereocenters. The molecule has 0 radical (unpaired) electrons. The summed E-state index contributed by atoms with van der Waals surface area (Å²) >= 11 is 9.81. The van der Waals surface area contributed by atoms with E-state index >= 15 is 0 Å². The van der Waals surface area contributed by atoms with Crippen LogP contribution in [0.5, 0.6) is 0 Å². The van der Waals surface area contributed by atoms with Gasteiger partial charge in [0.15, 0.2) is 0 Å². The molecule has 1 aromatic heterocycles. The molecule has 7 heteroatoms. The third-order valence-electron chi connectivity index (χ3n) is 3.74. The highest BCUT2D eigenvalue weighted by Gasteiger charge is 2.15. The van der Waals surface area contributed by atoms with Crippen molar-refractivity contribution in [3.8, 4) is 0 Å². The van der Waals surface area contributed by atoms with E-state index in [4.69, 9.17) is 16.3 Å². The summed E-state index contributed by atoms with van der Waals surface area (Å²) in [5, 5.41) is 8.87. The normalized spacial score (nSPS) is 11.7. The summed E-state index contributed by atoms with van der Waals surface area (Å²) in [5.41, 5.74) is 2.42. The van der Waals surface area contributed by atoms with Crippen LogP contribution in [0.4, 0.5) is 10.5 Å². The lowest BCUT2D eigenvalue weighted by molar-refractivity contribution is 0.0530. The fraction of sp³-hybridized carbons (Fsp3) is 0.316. The van der Waals surface area contributed by atoms with Gasteiger partial charge in [-0.25, -0.2) is 4.79 Å². The lowest BCUT2D eigenvalue weighted by Gasteiger charge is -2.19. The van der Waals surface area contributed by atoms with E-state index in [0.717, 1.165) is 32.0 Å². The Hall–Kier alpha value is -1.92. The number of H-pyrrole nitrogens is 1. The van der Waals surface area contributed by atoms with Crippen LogP contribution in [0.25, 0.3) is 21.8 Å². The van der Waals surface area contributed by atoms with E-state index in [1.54, 1.807) is 0 Å². The minimum absolute atomic E-state index is 0.425. The zero-order valence-corrected chi connectivity index (χ0v) is 17.2. The van der Waals surface area contributed by atoms with Crippen LogP contribution in [0.1, 0.15) is 20.8 Å². The second kappa shape index (κ2) is 7.37. The van der Waals surface area contributed by atoms with Gasteiger partial charge in [-0.3, -0.25) is 0 Å². The van der Waals surface area contributed by atoms with Crippen molar-refractivity contribution in [1.82, 2.24) is 10.3 Å². The zero-order chi connectivity index (χ0) is 18.9. The molecule has 1 amide bonds. The summed E-state index contributed by atoms with van der Waals surface area (Å²) in [6.07, 6.45) is -0.425. The molecule has 0 bridgehead atoms. The number of rotatable bonds is 4. The van der Waals surface area contributed by atoms with E-state index in [1.165, 1.54) is 0 Å².